The Morgan fingerprint density at radius 3 is 1.76 bits per heavy atom. The summed E-state index contributed by atoms with van der Waals surface area (Å²) in [5.41, 5.74) is 13.1. The number of anilines is 3. The molecule has 3 nitrogen and oxygen atoms in total. The van der Waals surface area contributed by atoms with E-state index in [0.29, 0.717) is 0 Å². The molecule has 0 fully saturated rings. The van der Waals surface area contributed by atoms with Crippen molar-refractivity contribution in [2.75, 3.05) is 4.90 Å². The molecule has 3 aromatic heterocycles. The van der Waals surface area contributed by atoms with Crippen molar-refractivity contribution in [3.63, 3.8) is 0 Å². The molecule has 0 spiro atoms. The van der Waals surface area contributed by atoms with Crippen molar-refractivity contribution < 1.29 is 8.83 Å². The minimum atomic E-state index is 0.840. The van der Waals surface area contributed by atoms with Crippen LogP contribution in [0.1, 0.15) is 0 Å². The van der Waals surface area contributed by atoms with Crippen molar-refractivity contribution in [3.8, 4) is 33.4 Å². The number of benzene rings is 9. The van der Waals surface area contributed by atoms with Crippen LogP contribution in [0.25, 0.3) is 97.4 Å². The van der Waals surface area contributed by atoms with Crippen molar-refractivity contribution in [1.29, 1.82) is 0 Å². The van der Waals surface area contributed by atoms with Crippen LogP contribution in [0.4, 0.5) is 17.1 Å². The average molecular weight is 760 g/mol. The molecule has 0 aliphatic rings. The second-order valence-corrected chi connectivity index (χ2v) is 15.9. The molecule has 0 radical (unpaired) electrons. The number of furan rings is 2. The second-order valence-electron chi connectivity index (χ2n) is 14.8. The van der Waals surface area contributed by atoms with Gasteiger partial charge in [-0.05, 0) is 88.5 Å². The first kappa shape index (κ1) is 32.8. The minimum absolute atomic E-state index is 0.840. The Labute approximate surface area is 338 Å². The van der Waals surface area contributed by atoms with E-state index in [0.717, 1.165) is 94.3 Å². The van der Waals surface area contributed by atoms with Gasteiger partial charge in [-0.15, -0.1) is 11.3 Å². The zero-order chi connectivity index (χ0) is 38.2. The Hall–Kier alpha value is -7.40. The molecule has 9 aromatic carbocycles. The van der Waals surface area contributed by atoms with E-state index < -0.39 is 0 Å². The fourth-order valence-corrected chi connectivity index (χ4v) is 9.91. The van der Waals surface area contributed by atoms with E-state index in [-0.39, 0.29) is 0 Å². The molecule has 0 bridgehead atoms. The van der Waals surface area contributed by atoms with Crippen molar-refractivity contribution in [2.45, 2.75) is 0 Å². The third-order valence-electron chi connectivity index (χ3n) is 11.5. The first-order valence-electron chi connectivity index (χ1n) is 19.6. The normalized spacial score (nSPS) is 11.8. The predicted molar refractivity (Wildman–Crippen MR) is 245 cm³/mol. The van der Waals surface area contributed by atoms with Gasteiger partial charge in [-0.25, -0.2) is 0 Å². The molecule has 0 saturated carbocycles. The fourth-order valence-electron chi connectivity index (χ4n) is 8.77. The van der Waals surface area contributed by atoms with Crippen LogP contribution in [0.15, 0.2) is 209 Å². The maximum Gasteiger partial charge on any atom is 0.145 e. The lowest BCUT2D eigenvalue weighted by Gasteiger charge is -2.28. The highest BCUT2D eigenvalue weighted by atomic mass is 32.1. The molecule has 3 heterocycles. The molecule has 0 atom stereocenters. The minimum Gasteiger partial charge on any atom is -0.456 e. The van der Waals surface area contributed by atoms with Gasteiger partial charge in [0.1, 0.15) is 22.3 Å². The average Bonchev–Trinajstić information content (AvgIpc) is 3.98. The SMILES string of the molecule is c1ccc(-c2ccc3c(c2)oc2c(-c4ccccc4)ccc(N(c4ccc5c(c4)sc4ccccc45)c4cc(-c5ccccc5)cc5oc6ccccc6c45)c23)cc1. The monoisotopic (exact) mass is 759 g/mol. The third-order valence-corrected chi connectivity index (χ3v) is 12.6. The van der Waals surface area contributed by atoms with E-state index in [2.05, 4.69) is 199 Å². The van der Waals surface area contributed by atoms with Gasteiger partial charge in [0.2, 0.25) is 0 Å². The highest BCUT2D eigenvalue weighted by Gasteiger charge is 2.26. The highest BCUT2D eigenvalue weighted by molar-refractivity contribution is 7.25. The van der Waals surface area contributed by atoms with Gasteiger partial charge >= 0.3 is 0 Å². The number of fused-ring (bicyclic) bond motifs is 9. The molecular weight excluding hydrogens is 727 g/mol. The molecule has 4 heteroatoms. The molecular formula is C54H33NO2S. The molecule has 0 amide bonds. The van der Waals surface area contributed by atoms with Gasteiger partial charge in [-0.1, -0.05) is 140 Å². The molecule has 0 aliphatic heterocycles. The van der Waals surface area contributed by atoms with Crippen LogP contribution in [0, 0.1) is 0 Å². The van der Waals surface area contributed by atoms with Gasteiger partial charge in [0, 0.05) is 42.2 Å². The van der Waals surface area contributed by atoms with Crippen molar-refractivity contribution in [3.05, 3.63) is 200 Å². The summed E-state index contributed by atoms with van der Waals surface area (Å²) < 4.78 is 16.3. The zero-order valence-corrected chi connectivity index (χ0v) is 32.0. The highest BCUT2D eigenvalue weighted by Crippen LogP contribution is 2.51. The molecule has 0 aliphatic carbocycles. The van der Waals surface area contributed by atoms with Crippen LogP contribution in [0.5, 0.6) is 0 Å². The summed E-state index contributed by atoms with van der Waals surface area (Å²) in [4.78, 5) is 2.44. The standard InChI is InChI=1S/C54H33NO2S/c1-4-14-34(15-5-1)37-24-26-44-48(31-37)57-54-40(36-18-8-3-9-19-36)28-29-45(53(44)54)55(39-25-27-42-41-20-11-13-23-50(41)58-51(42)33-39)46-30-38(35-16-6-2-7-17-35)32-49-52(46)43-21-10-12-22-47(43)56-49/h1-33H. The van der Waals surface area contributed by atoms with Crippen LogP contribution in [0.2, 0.25) is 0 Å². The maximum atomic E-state index is 7.07. The van der Waals surface area contributed by atoms with E-state index in [4.69, 9.17) is 8.83 Å². The van der Waals surface area contributed by atoms with Gasteiger partial charge < -0.3 is 13.7 Å². The summed E-state index contributed by atoms with van der Waals surface area (Å²) in [6, 6.07) is 71.3. The van der Waals surface area contributed by atoms with Crippen molar-refractivity contribution in [2.24, 2.45) is 0 Å². The van der Waals surface area contributed by atoms with Gasteiger partial charge in [-0.2, -0.15) is 0 Å². The quantitative estimate of drug-likeness (QED) is 0.169. The second kappa shape index (κ2) is 13.1. The molecule has 0 saturated heterocycles. The number of hydrogen-bond acceptors (Lipinski definition) is 4. The van der Waals surface area contributed by atoms with E-state index in [1.54, 1.807) is 0 Å². The largest absolute Gasteiger partial charge is 0.456 e. The molecule has 0 unspecified atom stereocenters. The fraction of sp³-hybridized carbons (Fsp3) is 0. The Bertz CT molecular complexity index is 3510. The van der Waals surface area contributed by atoms with Gasteiger partial charge in [-0.3, -0.25) is 0 Å². The Balaban J connectivity index is 1.21. The lowest BCUT2D eigenvalue weighted by atomic mass is 9.97. The lowest BCUT2D eigenvalue weighted by Crippen LogP contribution is -2.11. The molecule has 272 valence electrons. The predicted octanol–water partition coefficient (Wildman–Crippen LogP) is 16.3. The van der Waals surface area contributed by atoms with Crippen LogP contribution in [-0.4, -0.2) is 0 Å². The van der Waals surface area contributed by atoms with E-state index in [1.807, 2.05) is 17.4 Å². The van der Waals surface area contributed by atoms with Crippen LogP contribution in [-0.2, 0) is 0 Å². The summed E-state index contributed by atoms with van der Waals surface area (Å²) in [5, 5.41) is 6.78. The number of rotatable bonds is 6. The van der Waals surface area contributed by atoms with Gasteiger partial charge in [0.25, 0.3) is 0 Å². The van der Waals surface area contributed by atoms with Crippen LogP contribution < -0.4 is 4.90 Å². The summed E-state index contributed by atoms with van der Waals surface area (Å²) >= 11 is 1.83. The van der Waals surface area contributed by atoms with Gasteiger partial charge in [0.05, 0.1) is 22.1 Å². The Kier molecular flexibility index (Phi) is 7.40. The van der Waals surface area contributed by atoms with Crippen LogP contribution >= 0.6 is 11.3 Å². The van der Waals surface area contributed by atoms with Crippen molar-refractivity contribution in [1.82, 2.24) is 0 Å². The Morgan fingerprint density at radius 2 is 0.966 bits per heavy atom. The van der Waals surface area contributed by atoms with E-state index in [1.165, 1.54) is 20.2 Å². The summed E-state index contributed by atoms with van der Waals surface area (Å²) in [6.45, 7) is 0. The van der Waals surface area contributed by atoms with Crippen molar-refractivity contribution >= 4 is 92.4 Å². The molecule has 0 N–H and O–H groups in total. The topological polar surface area (TPSA) is 29.5 Å². The maximum absolute atomic E-state index is 7.07. The molecule has 12 aromatic rings. The third kappa shape index (κ3) is 5.19. The summed E-state index contributed by atoms with van der Waals surface area (Å²) in [7, 11) is 0. The summed E-state index contributed by atoms with van der Waals surface area (Å²) in [5.74, 6) is 0. The van der Waals surface area contributed by atoms with E-state index in [9.17, 15) is 0 Å². The first-order chi connectivity index (χ1) is 28.7. The number of para-hydroxylation sites is 1. The summed E-state index contributed by atoms with van der Waals surface area (Å²) in [6.07, 6.45) is 0. The smallest absolute Gasteiger partial charge is 0.145 e. The molecule has 12 rings (SSSR count). The zero-order valence-electron chi connectivity index (χ0n) is 31.2. The van der Waals surface area contributed by atoms with Gasteiger partial charge in [0.15, 0.2) is 0 Å². The number of hydrogen-bond donors (Lipinski definition) is 0. The number of thiophene rings is 1. The first-order valence-corrected chi connectivity index (χ1v) is 20.4. The van der Waals surface area contributed by atoms with Crippen LogP contribution in [0.3, 0.4) is 0 Å². The lowest BCUT2D eigenvalue weighted by molar-refractivity contribution is 0.669. The Morgan fingerprint density at radius 1 is 0.345 bits per heavy atom. The molecule has 58 heavy (non-hydrogen) atoms. The number of nitrogens with zero attached hydrogens (tertiary/aromatic N) is 1. The van der Waals surface area contributed by atoms with E-state index >= 15 is 0 Å².